The average Bonchev–Trinajstić information content (AvgIpc) is 4.01. The molecule has 0 saturated heterocycles. The Morgan fingerprint density at radius 1 is 0.468 bits per heavy atom. The highest BCUT2D eigenvalue weighted by Crippen LogP contribution is 2.50. The van der Waals surface area contributed by atoms with Crippen molar-refractivity contribution in [1.29, 1.82) is 0 Å². The fourth-order valence-electron chi connectivity index (χ4n) is 11.0. The van der Waals surface area contributed by atoms with Crippen LogP contribution in [0.2, 0.25) is 0 Å². The average molecular weight is 833 g/mol. The topological polar surface area (TPSA) is 21.3 Å². The summed E-state index contributed by atoms with van der Waals surface area (Å²) in [5.74, 6) is 0. The van der Waals surface area contributed by atoms with Crippen molar-refractivity contribution in [2.24, 2.45) is 0 Å². The van der Waals surface area contributed by atoms with Gasteiger partial charge in [0.15, 0.2) is 0 Å². The number of hydrogen-bond donors (Lipinski definition) is 0. The second-order valence-corrected chi connectivity index (χ2v) is 21.9. The summed E-state index contributed by atoms with van der Waals surface area (Å²) in [6.07, 6.45) is 0. The Morgan fingerprint density at radius 2 is 1.16 bits per heavy atom. The smallest absolute Gasteiger partial charge is 0.333 e. The van der Waals surface area contributed by atoms with E-state index in [9.17, 15) is 0 Å². The number of aromatic nitrogens is 1. The monoisotopic (exact) mass is 832 g/mol. The lowest BCUT2D eigenvalue weighted by molar-refractivity contribution is 0.590. The molecule has 0 aliphatic carbocycles. The Hall–Kier alpha value is -6.34. The van der Waals surface area contributed by atoms with Gasteiger partial charge in [0.25, 0.3) is 0 Å². The third-order valence-corrected chi connectivity index (χ3v) is 16.3. The number of hydrogen-bond acceptors (Lipinski definition) is 4. The molecule has 0 N–H and O–H groups in total. The molecule has 0 amide bonds. The van der Waals surface area contributed by atoms with Gasteiger partial charge in [0, 0.05) is 84.5 Å². The van der Waals surface area contributed by atoms with Gasteiger partial charge in [-0.3, -0.25) is 0 Å². The third-order valence-electron chi connectivity index (χ3n) is 14.1. The molecule has 0 spiro atoms. The zero-order valence-electron chi connectivity index (χ0n) is 35.5. The zero-order chi connectivity index (χ0) is 41.6. The molecule has 0 atom stereocenters. The van der Waals surface area contributed by atoms with Crippen molar-refractivity contribution >= 4 is 136 Å². The predicted molar refractivity (Wildman–Crippen MR) is 270 cm³/mol. The van der Waals surface area contributed by atoms with Crippen LogP contribution >= 0.6 is 22.7 Å². The van der Waals surface area contributed by atoms with E-state index in [1.54, 1.807) is 0 Å². The Kier molecular flexibility index (Phi) is 6.70. The highest BCUT2D eigenvalue weighted by molar-refractivity contribution is 7.26. The van der Waals surface area contributed by atoms with Gasteiger partial charge in [0.1, 0.15) is 11.2 Å². The molecule has 12 aromatic rings. The Bertz CT molecular complexity index is 3960. The second-order valence-electron chi connectivity index (χ2n) is 19.7. The molecule has 62 heavy (non-hydrogen) atoms. The van der Waals surface area contributed by atoms with E-state index >= 15 is 0 Å². The molecule has 6 heterocycles. The van der Waals surface area contributed by atoms with Crippen LogP contribution in [0.4, 0.5) is 11.4 Å². The number of nitrogens with zero attached hydrogens (tertiary/aromatic N) is 2. The summed E-state index contributed by atoms with van der Waals surface area (Å²) >= 11 is 3.82. The number of thiophene rings is 2. The van der Waals surface area contributed by atoms with E-state index in [1.807, 2.05) is 22.7 Å². The van der Waals surface area contributed by atoms with Gasteiger partial charge < -0.3 is 13.8 Å². The molecule has 2 aliphatic heterocycles. The van der Waals surface area contributed by atoms with Gasteiger partial charge in [-0.25, -0.2) is 0 Å². The third kappa shape index (κ3) is 4.61. The lowest BCUT2D eigenvalue weighted by Crippen LogP contribution is -2.60. The molecule has 296 valence electrons. The minimum atomic E-state index is -0.0760. The van der Waals surface area contributed by atoms with Gasteiger partial charge in [-0.2, -0.15) is 0 Å². The van der Waals surface area contributed by atoms with E-state index in [2.05, 4.69) is 190 Å². The van der Waals surface area contributed by atoms with Gasteiger partial charge in [-0.05, 0) is 105 Å². The number of rotatable bonds is 1. The summed E-state index contributed by atoms with van der Waals surface area (Å²) in [7, 11) is 0. The van der Waals surface area contributed by atoms with Gasteiger partial charge in [0.2, 0.25) is 0 Å². The van der Waals surface area contributed by atoms with Crippen LogP contribution in [0.5, 0.6) is 0 Å². The highest BCUT2D eigenvalue weighted by Gasteiger charge is 2.44. The first-order chi connectivity index (χ1) is 30.0. The first-order valence-corrected chi connectivity index (χ1v) is 23.4. The fraction of sp³-hybridized carbons (Fsp3) is 0.143. The van der Waals surface area contributed by atoms with E-state index in [1.165, 1.54) is 112 Å². The molecule has 2 aliphatic rings. The summed E-state index contributed by atoms with van der Waals surface area (Å²) in [5, 5.41) is 10.1. The molecule has 0 saturated carbocycles. The van der Waals surface area contributed by atoms with Crippen molar-refractivity contribution in [2.45, 2.75) is 52.4 Å². The Balaban J connectivity index is 1.15. The molecule has 0 bridgehead atoms. The number of fused-ring (bicyclic) bond motifs is 17. The maximum Gasteiger partial charge on any atom is 0.333 e. The molecule has 8 aromatic carbocycles. The minimum absolute atomic E-state index is 0.0398. The van der Waals surface area contributed by atoms with Gasteiger partial charge in [-0.15, -0.1) is 22.7 Å². The van der Waals surface area contributed by atoms with Crippen LogP contribution in [-0.2, 0) is 10.8 Å². The lowest BCUT2D eigenvalue weighted by atomic mass is 9.44. The first kappa shape index (κ1) is 35.3. The number of furan rings is 1. The SMILES string of the molecule is CC(C)(C)c1ccc(N2B3c4cc5c(cc4-n4c6cc7c(cc6c6ccc(c3c64)-c3cc4sc6ccc(C(C)(C)C)cc6c4cc32)oc2ccccc27)sc2ccccc25)cc1. The molecular formula is C56H41BN2OS2. The Labute approximate surface area is 367 Å². The van der Waals surface area contributed by atoms with E-state index in [0.29, 0.717) is 0 Å². The van der Waals surface area contributed by atoms with Crippen molar-refractivity contribution in [3.05, 3.63) is 151 Å². The van der Waals surface area contributed by atoms with Crippen molar-refractivity contribution in [3.8, 4) is 16.8 Å². The zero-order valence-corrected chi connectivity index (χ0v) is 37.1. The predicted octanol–water partition coefficient (Wildman–Crippen LogP) is 15.3. The van der Waals surface area contributed by atoms with Gasteiger partial charge in [-0.1, -0.05) is 114 Å². The highest BCUT2D eigenvalue weighted by atomic mass is 32.1. The maximum absolute atomic E-state index is 6.57. The summed E-state index contributed by atoms with van der Waals surface area (Å²) in [4.78, 5) is 2.69. The number of anilines is 2. The molecule has 6 heteroatoms. The molecular weight excluding hydrogens is 792 g/mol. The number of benzene rings is 8. The molecule has 0 radical (unpaired) electrons. The van der Waals surface area contributed by atoms with Crippen LogP contribution < -0.4 is 15.7 Å². The van der Waals surface area contributed by atoms with E-state index in [0.717, 1.165) is 21.9 Å². The van der Waals surface area contributed by atoms with Crippen molar-refractivity contribution in [2.75, 3.05) is 4.81 Å². The van der Waals surface area contributed by atoms with Crippen LogP contribution in [0, 0.1) is 0 Å². The van der Waals surface area contributed by atoms with Crippen LogP contribution in [0.1, 0.15) is 52.7 Å². The summed E-state index contributed by atoms with van der Waals surface area (Å²) in [5.41, 5.74) is 16.2. The molecule has 0 unspecified atom stereocenters. The van der Waals surface area contributed by atoms with Gasteiger partial charge in [0.05, 0.1) is 11.0 Å². The van der Waals surface area contributed by atoms with Crippen LogP contribution in [0.15, 0.2) is 144 Å². The maximum atomic E-state index is 6.57. The summed E-state index contributed by atoms with van der Waals surface area (Å²) in [6, 6.07) is 53.6. The quantitative estimate of drug-likeness (QED) is 0.154. The molecule has 14 rings (SSSR count). The Morgan fingerprint density at radius 3 is 1.97 bits per heavy atom. The summed E-state index contributed by atoms with van der Waals surface area (Å²) in [6.45, 7) is 13.8. The van der Waals surface area contributed by atoms with Crippen molar-refractivity contribution < 1.29 is 4.42 Å². The van der Waals surface area contributed by atoms with E-state index in [-0.39, 0.29) is 17.7 Å². The molecule has 0 fully saturated rings. The largest absolute Gasteiger partial charge is 0.456 e. The standard InChI is InChI=1S/C56H41BN2OS2/c1-55(2,3)30-15-18-32(19-16-30)59-45-26-42-40-23-31(56(4,5)6)17-22-50(40)62-51(42)28-38(45)35-20-21-36-37-27-48-39(33-11-7-9-13-47(33)60-48)25-44(37)58-46-29-52-41(34-12-8-10-14-49(34)61-52)24-43(46)57(59)53(35)54(36)58/h7-29H,1-6H3. The van der Waals surface area contributed by atoms with E-state index in [4.69, 9.17) is 4.42 Å². The normalized spacial score (nSPS) is 13.9. The molecule has 3 nitrogen and oxygen atoms in total. The first-order valence-electron chi connectivity index (χ1n) is 21.8. The minimum Gasteiger partial charge on any atom is -0.456 e. The van der Waals surface area contributed by atoms with Crippen LogP contribution in [-0.4, -0.2) is 11.4 Å². The van der Waals surface area contributed by atoms with Gasteiger partial charge >= 0.3 is 6.85 Å². The number of para-hydroxylation sites is 1. The van der Waals surface area contributed by atoms with Crippen molar-refractivity contribution in [1.82, 2.24) is 4.57 Å². The van der Waals surface area contributed by atoms with E-state index < -0.39 is 0 Å². The summed E-state index contributed by atoms with van der Waals surface area (Å²) < 4.78 is 14.5. The van der Waals surface area contributed by atoms with Crippen LogP contribution in [0.3, 0.4) is 0 Å². The fourth-order valence-corrected chi connectivity index (χ4v) is 13.2. The lowest BCUT2D eigenvalue weighted by Gasteiger charge is -2.42. The molecule has 4 aromatic heterocycles. The van der Waals surface area contributed by atoms with Crippen molar-refractivity contribution in [3.63, 3.8) is 0 Å². The van der Waals surface area contributed by atoms with Crippen LogP contribution in [0.25, 0.3) is 101 Å². The second kappa shape index (κ2) is 11.8.